The minimum atomic E-state index is -0.620. The lowest BCUT2D eigenvalue weighted by Crippen LogP contribution is -2.28. The van der Waals surface area contributed by atoms with Gasteiger partial charge in [-0.1, -0.05) is 45.0 Å². The fraction of sp³-hybridized carbons (Fsp3) is 0.400. The van der Waals surface area contributed by atoms with Gasteiger partial charge in [0.15, 0.2) is 0 Å². The van der Waals surface area contributed by atoms with Crippen LogP contribution in [-0.4, -0.2) is 19.4 Å². The molecule has 0 bridgehead atoms. The van der Waals surface area contributed by atoms with E-state index in [1.165, 1.54) is 21.7 Å². The van der Waals surface area contributed by atoms with E-state index in [0.717, 1.165) is 11.5 Å². The first kappa shape index (κ1) is 17.8. The number of benzene rings is 2. The van der Waals surface area contributed by atoms with Crippen LogP contribution in [0.5, 0.6) is 11.5 Å². The largest absolute Gasteiger partial charge is 0.496 e. The Morgan fingerprint density at radius 2 is 1.13 bits per heavy atom. The first-order valence-electron chi connectivity index (χ1n) is 7.87. The van der Waals surface area contributed by atoms with Crippen LogP contribution in [0.3, 0.4) is 0 Å². The molecule has 23 heavy (non-hydrogen) atoms. The third kappa shape index (κ3) is 3.87. The first-order valence-corrected chi connectivity index (χ1v) is 9.21. The second-order valence-corrected chi connectivity index (χ2v) is 9.83. The van der Waals surface area contributed by atoms with E-state index in [-0.39, 0.29) is 5.16 Å². The molecule has 0 radical (unpaired) electrons. The van der Waals surface area contributed by atoms with Gasteiger partial charge in [0.25, 0.3) is 0 Å². The van der Waals surface area contributed by atoms with Crippen molar-refractivity contribution >= 4 is 18.5 Å². The van der Waals surface area contributed by atoms with Crippen molar-refractivity contribution in [3.8, 4) is 11.5 Å². The Morgan fingerprint density at radius 1 is 0.739 bits per heavy atom. The van der Waals surface area contributed by atoms with Crippen LogP contribution in [0.2, 0.25) is 0 Å². The number of aryl methyl sites for hydroxylation is 2. The van der Waals surface area contributed by atoms with Crippen molar-refractivity contribution in [2.24, 2.45) is 0 Å². The molecule has 2 aromatic rings. The van der Waals surface area contributed by atoms with Gasteiger partial charge in [-0.2, -0.15) is 0 Å². The van der Waals surface area contributed by atoms with E-state index in [0.29, 0.717) is 0 Å². The molecule has 0 aliphatic rings. The van der Waals surface area contributed by atoms with Gasteiger partial charge in [-0.25, -0.2) is 0 Å². The van der Waals surface area contributed by atoms with Crippen molar-refractivity contribution in [3.63, 3.8) is 0 Å². The minimum absolute atomic E-state index is 0.0976. The molecule has 0 unspecified atom stereocenters. The monoisotopic (exact) mass is 330 g/mol. The lowest BCUT2D eigenvalue weighted by molar-refractivity contribution is 0.417. The number of hydrogen-bond acceptors (Lipinski definition) is 2. The van der Waals surface area contributed by atoms with Crippen molar-refractivity contribution in [2.75, 3.05) is 14.2 Å². The van der Waals surface area contributed by atoms with Gasteiger partial charge in [0.1, 0.15) is 11.5 Å². The quantitative estimate of drug-likeness (QED) is 0.766. The van der Waals surface area contributed by atoms with Crippen molar-refractivity contribution in [1.29, 1.82) is 0 Å². The zero-order valence-electron chi connectivity index (χ0n) is 15.2. The number of hydrogen-bond donors (Lipinski definition) is 0. The van der Waals surface area contributed by atoms with Crippen molar-refractivity contribution in [1.82, 2.24) is 0 Å². The molecule has 0 saturated heterocycles. The average molecular weight is 330 g/mol. The maximum atomic E-state index is 5.70. The summed E-state index contributed by atoms with van der Waals surface area (Å²) in [4.78, 5) is 0. The third-order valence-corrected chi connectivity index (χ3v) is 6.87. The SMILES string of the molecule is COc1cc(C)ccc1P(c1ccc(C)cc1OC)C(C)(C)C. The smallest absolute Gasteiger partial charge is 0.127 e. The Hall–Kier alpha value is -1.53. The molecule has 2 nitrogen and oxygen atoms in total. The molecule has 0 atom stereocenters. The van der Waals surface area contributed by atoms with E-state index in [1.807, 2.05) is 0 Å². The second-order valence-electron chi connectivity index (χ2n) is 6.86. The third-order valence-electron chi connectivity index (χ3n) is 3.82. The molecule has 0 aliphatic heterocycles. The molecule has 2 aromatic carbocycles. The average Bonchev–Trinajstić information content (AvgIpc) is 2.48. The van der Waals surface area contributed by atoms with E-state index >= 15 is 0 Å². The highest BCUT2D eigenvalue weighted by Gasteiger charge is 2.32. The summed E-state index contributed by atoms with van der Waals surface area (Å²) in [7, 11) is 2.88. The highest BCUT2D eigenvalue weighted by atomic mass is 31.1. The highest BCUT2D eigenvalue weighted by Crippen LogP contribution is 2.51. The lowest BCUT2D eigenvalue weighted by Gasteiger charge is -2.34. The lowest BCUT2D eigenvalue weighted by atomic mass is 10.2. The van der Waals surface area contributed by atoms with E-state index in [1.54, 1.807) is 14.2 Å². The Balaban J connectivity index is 2.69. The normalized spacial score (nSPS) is 11.7. The summed E-state index contributed by atoms with van der Waals surface area (Å²) in [6.45, 7) is 11.1. The molecule has 0 fully saturated rings. The molecule has 0 aliphatic carbocycles. The summed E-state index contributed by atoms with van der Waals surface area (Å²) in [5.41, 5.74) is 2.43. The van der Waals surface area contributed by atoms with Crippen molar-refractivity contribution in [2.45, 2.75) is 39.8 Å². The Labute approximate surface area is 141 Å². The molecule has 124 valence electrons. The maximum absolute atomic E-state index is 5.70. The molecule has 3 heteroatoms. The first-order chi connectivity index (χ1) is 10.8. The van der Waals surface area contributed by atoms with Crippen LogP contribution in [0.25, 0.3) is 0 Å². The number of ether oxygens (including phenoxy) is 2. The summed E-state index contributed by atoms with van der Waals surface area (Å²) >= 11 is 0. The van der Waals surface area contributed by atoms with Gasteiger partial charge in [-0.05, 0) is 50.2 Å². The van der Waals surface area contributed by atoms with Gasteiger partial charge in [0.2, 0.25) is 0 Å². The number of rotatable bonds is 4. The van der Waals surface area contributed by atoms with Gasteiger partial charge in [0, 0.05) is 10.6 Å². The van der Waals surface area contributed by atoms with Gasteiger partial charge in [0.05, 0.1) is 14.2 Å². The molecule has 0 aromatic heterocycles. The Bertz CT molecular complexity index is 633. The standard InChI is InChI=1S/C20H27O2P/c1-14-8-10-18(16(12-14)21-6)23(20(3,4)5)19-11-9-15(2)13-17(19)22-7/h8-13H,1-7H3. The van der Waals surface area contributed by atoms with Gasteiger partial charge in [-0.15, -0.1) is 0 Å². The molecule has 0 heterocycles. The van der Waals surface area contributed by atoms with Crippen LogP contribution < -0.4 is 20.1 Å². The summed E-state index contributed by atoms with van der Waals surface area (Å²) < 4.78 is 11.4. The predicted octanol–water partition coefficient (Wildman–Crippen LogP) is 4.55. The molecule has 0 N–H and O–H groups in total. The van der Waals surface area contributed by atoms with Crippen LogP contribution in [0.15, 0.2) is 36.4 Å². The van der Waals surface area contributed by atoms with E-state index in [9.17, 15) is 0 Å². The fourth-order valence-corrected chi connectivity index (χ4v) is 5.70. The summed E-state index contributed by atoms with van der Waals surface area (Å²) in [6.07, 6.45) is 0. The van der Waals surface area contributed by atoms with Gasteiger partial charge < -0.3 is 9.47 Å². The van der Waals surface area contributed by atoms with Crippen LogP contribution in [0, 0.1) is 13.8 Å². The predicted molar refractivity (Wildman–Crippen MR) is 101 cm³/mol. The van der Waals surface area contributed by atoms with Gasteiger partial charge in [-0.3, -0.25) is 0 Å². The molecule has 2 rings (SSSR count). The second kappa shape index (κ2) is 6.93. The Kier molecular flexibility index (Phi) is 5.37. The zero-order valence-corrected chi connectivity index (χ0v) is 16.1. The maximum Gasteiger partial charge on any atom is 0.127 e. The molecular formula is C20H27O2P. The van der Waals surface area contributed by atoms with E-state index < -0.39 is 7.92 Å². The highest BCUT2D eigenvalue weighted by molar-refractivity contribution is 7.74. The van der Waals surface area contributed by atoms with Crippen LogP contribution in [0.1, 0.15) is 31.9 Å². The minimum Gasteiger partial charge on any atom is -0.496 e. The van der Waals surface area contributed by atoms with Crippen LogP contribution in [-0.2, 0) is 0 Å². The Morgan fingerprint density at radius 3 is 1.43 bits per heavy atom. The van der Waals surface area contributed by atoms with Gasteiger partial charge >= 0.3 is 0 Å². The summed E-state index contributed by atoms with van der Waals surface area (Å²) in [5, 5.41) is 2.63. The topological polar surface area (TPSA) is 18.5 Å². The summed E-state index contributed by atoms with van der Waals surface area (Å²) in [5.74, 6) is 1.93. The van der Waals surface area contributed by atoms with Crippen molar-refractivity contribution < 1.29 is 9.47 Å². The van der Waals surface area contributed by atoms with Crippen LogP contribution in [0.4, 0.5) is 0 Å². The van der Waals surface area contributed by atoms with Crippen molar-refractivity contribution in [3.05, 3.63) is 47.5 Å². The van der Waals surface area contributed by atoms with E-state index in [2.05, 4.69) is 71.0 Å². The number of methoxy groups -OCH3 is 2. The van der Waals surface area contributed by atoms with Crippen LogP contribution >= 0.6 is 7.92 Å². The molecule has 0 spiro atoms. The van der Waals surface area contributed by atoms with E-state index in [4.69, 9.17) is 9.47 Å². The molecule has 0 saturated carbocycles. The molecule has 0 amide bonds. The summed E-state index contributed by atoms with van der Waals surface area (Å²) in [6, 6.07) is 13.0. The fourth-order valence-electron chi connectivity index (χ4n) is 2.79. The zero-order chi connectivity index (χ0) is 17.2. The molecular weight excluding hydrogens is 303 g/mol.